The second-order valence-electron chi connectivity index (χ2n) is 7.29. The molecule has 2 heterocycles. The van der Waals surface area contributed by atoms with Gasteiger partial charge < -0.3 is 0 Å². The van der Waals surface area contributed by atoms with Gasteiger partial charge in [-0.25, -0.2) is 4.39 Å². The van der Waals surface area contributed by atoms with Crippen molar-refractivity contribution in [3.63, 3.8) is 0 Å². The zero-order valence-electron chi connectivity index (χ0n) is 14.9. The molecule has 0 atom stereocenters. The second kappa shape index (κ2) is 6.36. The Morgan fingerprint density at radius 3 is 2.46 bits per heavy atom. The summed E-state index contributed by atoms with van der Waals surface area (Å²) in [6.07, 6.45) is 0. The van der Waals surface area contributed by atoms with Crippen LogP contribution in [0.3, 0.4) is 0 Å². The average Bonchev–Trinajstić information content (AvgIpc) is 3.04. The van der Waals surface area contributed by atoms with E-state index in [1.165, 1.54) is 17.7 Å². The fraction of sp³-hybridized carbons (Fsp3) is 0.250. The van der Waals surface area contributed by atoms with Gasteiger partial charge in [-0.05, 0) is 28.7 Å². The van der Waals surface area contributed by atoms with Crippen molar-refractivity contribution in [1.29, 1.82) is 0 Å². The summed E-state index contributed by atoms with van der Waals surface area (Å²) < 4.78 is 15.3. The molecule has 0 spiro atoms. The summed E-state index contributed by atoms with van der Waals surface area (Å²) in [5.74, 6) is 0.983. The molecular formula is C20H19FN4S. The van der Waals surface area contributed by atoms with Crippen LogP contribution in [0.1, 0.15) is 31.9 Å². The molecule has 0 saturated carbocycles. The highest BCUT2D eigenvalue weighted by Gasteiger charge is 2.21. The van der Waals surface area contributed by atoms with E-state index in [1.807, 2.05) is 6.07 Å². The van der Waals surface area contributed by atoms with Crippen molar-refractivity contribution in [2.45, 2.75) is 31.3 Å². The van der Waals surface area contributed by atoms with E-state index in [9.17, 15) is 4.39 Å². The first-order valence-corrected chi connectivity index (χ1v) is 9.43. The summed E-state index contributed by atoms with van der Waals surface area (Å²) >= 11 is 1.59. The molecule has 4 nitrogen and oxygen atoms in total. The van der Waals surface area contributed by atoms with E-state index in [2.05, 4.69) is 55.2 Å². The average molecular weight is 366 g/mol. The van der Waals surface area contributed by atoms with Crippen LogP contribution in [-0.2, 0) is 5.41 Å². The minimum Gasteiger partial charge on any atom is -0.207 e. The highest BCUT2D eigenvalue weighted by Crippen LogP contribution is 2.29. The lowest BCUT2D eigenvalue weighted by Gasteiger charge is -2.20. The summed E-state index contributed by atoms with van der Waals surface area (Å²) in [7, 11) is 0. The fourth-order valence-corrected chi connectivity index (χ4v) is 3.68. The summed E-state index contributed by atoms with van der Waals surface area (Å²) in [6.45, 7) is 6.60. The van der Waals surface area contributed by atoms with Gasteiger partial charge >= 0.3 is 0 Å². The third-order valence-electron chi connectivity index (χ3n) is 4.34. The predicted octanol–water partition coefficient (Wildman–Crippen LogP) is 4.74. The molecule has 0 saturated heterocycles. The standard InChI is InChI=1S/C20H19FN4S/c1-20(2,3)15-9-7-13(8-10-15)17-12-26-19-23-22-18(25(19)24-17)14-5-4-6-16(21)11-14/h4-11H,12H2,1-3H3. The Kier molecular flexibility index (Phi) is 4.15. The molecule has 0 unspecified atom stereocenters. The number of rotatable bonds is 2. The number of benzene rings is 2. The van der Waals surface area contributed by atoms with Gasteiger partial charge in [-0.3, -0.25) is 0 Å². The topological polar surface area (TPSA) is 43.1 Å². The first kappa shape index (κ1) is 17.0. The molecule has 4 rings (SSSR count). The van der Waals surface area contributed by atoms with Gasteiger partial charge in [0.15, 0.2) is 5.82 Å². The molecule has 132 valence electrons. The first-order valence-electron chi connectivity index (χ1n) is 8.45. The number of thioether (sulfide) groups is 1. The largest absolute Gasteiger partial charge is 0.212 e. The molecule has 2 aromatic carbocycles. The van der Waals surface area contributed by atoms with Crippen molar-refractivity contribution in [3.8, 4) is 11.4 Å². The Balaban J connectivity index is 1.72. The van der Waals surface area contributed by atoms with Crippen LogP contribution in [-0.4, -0.2) is 26.3 Å². The lowest BCUT2D eigenvalue weighted by atomic mass is 9.86. The van der Waals surface area contributed by atoms with Crippen LogP contribution in [0.2, 0.25) is 0 Å². The number of hydrogen-bond donors (Lipinski definition) is 0. The number of nitrogens with zero attached hydrogens (tertiary/aromatic N) is 4. The van der Waals surface area contributed by atoms with Crippen LogP contribution in [0.15, 0.2) is 58.8 Å². The van der Waals surface area contributed by atoms with Crippen LogP contribution >= 0.6 is 11.8 Å². The number of halogens is 1. The minimum absolute atomic E-state index is 0.119. The van der Waals surface area contributed by atoms with Crippen LogP contribution in [0.4, 0.5) is 4.39 Å². The van der Waals surface area contributed by atoms with Crippen molar-refractivity contribution in [2.75, 3.05) is 5.75 Å². The van der Waals surface area contributed by atoms with Crippen molar-refractivity contribution >= 4 is 17.5 Å². The third kappa shape index (κ3) is 3.17. The van der Waals surface area contributed by atoms with E-state index in [4.69, 9.17) is 5.10 Å². The highest BCUT2D eigenvalue weighted by molar-refractivity contribution is 7.99. The molecule has 6 heteroatoms. The van der Waals surface area contributed by atoms with E-state index in [0.717, 1.165) is 22.2 Å². The van der Waals surface area contributed by atoms with E-state index in [-0.39, 0.29) is 11.2 Å². The van der Waals surface area contributed by atoms with Crippen LogP contribution < -0.4 is 0 Å². The van der Waals surface area contributed by atoms with E-state index in [0.29, 0.717) is 11.4 Å². The number of hydrogen-bond acceptors (Lipinski definition) is 4. The molecule has 0 aliphatic carbocycles. The zero-order valence-corrected chi connectivity index (χ0v) is 15.7. The molecule has 1 aliphatic heterocycles. The summed E-state index contributed by atoms with van der Waals surface area (Å²) in [5, 5.41) is 13.8. The summed E-state index contributed by atoms with van der Waals surface area (Å²) in [6, 6.07) is 14.9. The maximum atomic E-state index is 13.6. The SMILES string of the molecule is CC(C)(C)c1ccc(C2=Nn3c(nnc3-c3cccc(F)c3)SC2)cc1. The Bertz CT molecular complexity index is 984. The van der Waals surface area contributed by atoms with Gasteiger partial charge in [-0.2, -0.15) is 9.78 Å². The summed E-state index contributed by atoms with van der Waals surface area (Å²) in [4.78, 5) is 0. The van der Waals surface area contributed by atoms with Gasteiger partial charge in [0.1, 0.15) is 5.82 Å². The Morgan fingerprint density at radius 1 is 1.00 bits per heavy atom. The lowest BCUT2D eigenvalue weighted by molar-refractivity contribution is 0.590. The first-order chi connectivity index (χ1) is 12.4. The maximum Gasteiger partial charge on any atom is 0.212 e. The molecule has 26 heavy (non-hydrogen) atoms. The van der Waals surface area contributed by atoms with Crippen LogP contribution in [0.25, 0.3) is 11.4 Å². The highest BCUT2D eigenvalue weighted by atomic mass is 32.2. The molecule has 0 amide bonds. The Morgan fingerprint density at radius 2 is 1.77 bits per heavy atom. The molecule has 1 aliphatic rings. The van der Waals surface area contributed by atoms with Gasteiger partial charge in [-0.15, -0.1) is 10.2 Å². The van der Waals surface area contributed by atoms with E-state index < -0.39 is 0 Å². The van der Waals surface area contributed by atoms with Crippen molar-refractivity contribution in [2.24, 2.45) is 5.10 Å². The zero-order chi connectivity index (χ0) is 18.3. The van der Waals surface area contributed by atoms with Gasteiger partial charge in [-0.1, -0.05) is 68.9 Å². The molecule has 0 bridgehead atoms. The normalized spacial score (nSPS) is 14.1. The summed E-state index contributed by atoms with van der Waals surface area (Å²) in [5.41, 5.74) is 4.11. The van der Waals surface area contributed by atoms with E-state index >= 15 is 0 Å². The van der Waals surface area contributed by atoms with Crippen LogP contribution in [0, 0.1) is 5.82 Å². The molecule has 0 fully saturated rings. The lowest BCUT2D eigenvalue weighted by Crippen LogP contribution is -2.15. The van der Waals surface area contributed by atoms with E-state index in [1.54, 1.807) is 22.5 Å². The van der Waals surface area contributed by atoms with Gasteiger partial charge in [0, 0.05) is 11.3 Å². The van der Waals surface area contributed by atoms with Crippen LogP contribution in [0.5, 0.6) is 0 Å². The number of fused-ring (bicyclic) bond motifs is 1. The maximum absolute atomic E-state index is 13.6. The number of aromatic nitrogens is 3. The fourth-order valence-electron chi connectivity index (χ4n) is 2.84. The van der Waals surface area contributed by atoms with Gasteiger partial charge in [0.2, 0.25) is 5.16 Å². The predicted molar refractivity (Wildman–Crippen MR) is 103 cm³/mol. The minimum atomic E-state index is -0.301. The van der Waals surface area contributed by atoms with Gasteiger partial charge in [0.25, 0.3) is 0 Å². The molecule has 0 radical (unpaired) electrons. The molecule has 0 N–H and O–H groups in total. The molecule has 1 aromatic heterocycles. The van der Waals surface area contributed by atoms with Gasteiger partial charge in [0.05, 0.1) is 5.71 Å². The van der Waals surface area contributed by atoms with Crippen molar-refractivity contribution < 1.29 is 4.39 Å². The molecule has 3 aromatic rings. The quantitative estimate of drug-likeness (QED) is 0.658. The second-order valence-corrected chi connectivity index (χ2v) is 8.23. The van der Waals surface area contributed by atoms with Crippen molar-refractivity contribution in [3.05, 3.63) is 65.5 Å². The monoisotopic (exact) mass is 366 g/mol. The van der Waals surface area contributed by atoms with Crippen molar-refractivity contribution in [1.82, 2.24) is 14.9 Å². The molecular weight excluding hydrogens is 347 g/mol. The third-order valence-corrected chi connectivity index (χ3v) is 5.27. The Hall–Kier alpha value is -2.47. The smallest absolute Gasteiger partial charge is 0.207 e. The Labute approximate surface area is 156 Å².